The zero-order chi connectivity index (χ0) is 14.4. The Bertz CT molecular complexity index is 406. The predicted octanol–water partition coefficient (Wildman–Crippen LogP) is 0.212. The Kier molecular flexibility index (Phi) is 5.47. The van der Waals surface area contributed by atoms with Crippen LogP contribution in [0.1, 0.15) is 32.6 Å². The molecule has 0 fully saturated rings. The fourth-order valence-electron chi connectivity index (χ4n) is 1.67. The average molecular weight is 269 g/mol. The van der Waals surface area contributed by atoms with Crippen molar-refractivity contribution in [3.8, 4) is 0 Å². The number of nitrogens with one attached hydrogen (secondary N) is 1. The summed E-state index contributed by atoms with van der Waals surface area (Å²) in [6.07, 6.45) is 1.75. The van der Waals surface area contributed by atoms with Gasteiger partial charge in [0.25, 0.3) is 5.91 Å². The van der Waals surface area contributed by atoms with Crippen molar-refractivity contribution in [1.29, 1.82) is 0 Å². The van der Waals surface area contributed by atoms with Crippen LogP contribution in [0.2, 0.25) is 0 Å². The summed E-state index contributed by atoms with van der Waals surface area (Å²) in [6, 6.07) is 0. The second kappa shape index (κ2) is 6.86. The molecule has 106 valence electrons. The minimum atomic E-state index is -0.830. The first-order valence-corrected chi connectivity index (χ1v) is 6.27. The maximum atomic E-state index is 11.7. The lowest BCUT2D eigenvalue weighted by molar-refractivity contribution is -0.141. The summed E-state index contributed by atoms with van der Waals surface area (Å²) in [4.78, 5) is 33.5. The second-order valence-corrected chi connectivity index (χ2v) is 4.60. The molecule has 2 amide bonds. The largest absolute Gasteiger partial charge is 0.481 e. The lowest BCUT2D eigenvalue weighted by atomic mass is 10.1. The van der Waals surface area contributed by atoms with E-state index in [1.54, 1.807) is 6.92 Å². The number of hydrazone groups is 1. The SMILES string of the molecule is CC(CCCNC(=O)C1=NN(C)C(=O)CC1)C(=O)O. The van der Waals surface area contributed by atoms with Gasteiger partial charge in [-0.15, -0.1) is 0 Å². The molecule has 1 rings (SSSR count). The lowest BCUT2D eigenvalue weighted by Crippen LogP contribution is -2.38. The molecular weight excluding hydrogens is 250 g/mol. The van der Waals surface area contributed by atoms with Gasteiger partial charge in [0.15, 0.2) is 0 Å². The van der Waals surface area contributed by atoms with Crippen LogP contribution in [-0.4, -0.2) is 47.2 Å². The van der Waals surface area contributed by atoms with E-state index in [0.29, 0.717) is 37.9 Å². The Morgan fingerprint density at radius 2 is 2.16 bits per heavy atom. The molecule has 2 N–H and O–H groups in total. The molecule has 7 nitrogen and oxygen atoms in total. The summed E-state index contributed by atoms with van der Waals surface area (Å²) in [6.45, 7) is 2.04. The van der Waals surface area contributed by atoms with Gasteiger partial charge in [0.05, 0.1) is 5.92 Å². The zero-order valence-corrected chi connectivity index (χ0v) is 11.2. The third kappa shape index (κ3) is 4.69. The van der Waals surface area contributed by atoms with Gasteiger partial charge in [-0.05, 0) is 12.8 Å². The molecule has 0 aliphatic carbocycles. The standard InChI is InChI=1S/C12H19N3O4/c1-8(12(18)19)4-3-7-13-11(17)9-5-6-10(16)15(2)14-9/h8H,3-7H2,1-2H3,(H,13,17)(H,18,19). The molecule has 0 saturated carbocycles. The van der Waals surface area contributed by atoms with Gasteiger partial charge < -0.3 is 10.4 Å². The van der Waals surface area contributed by atoms with Crippen LogP contribution in [0.15, 0.2) is 5.10 Å². The van der Waals surface area contributed by atoms with Gasteiger partial charge >= 0.3 is 5.97 Å². The van der Waals surface area contributed by atoms with Crippen LogP contribution >= 0.6 is 0 Å². The van der Waals surface area contributed by atoms with E-state index in [1.165, 1.54) is 12.1 Å². The maximum Gasteiger partial charge on any atom is 0.306 e. The Balaban J connectivity index is 2.30. The first-order valence-electron chi connectivity index (χ1n) is 6.27. The maximum absolute atomic E-state index is 11.7. The van der Waals surface area contributed by atoms with Crippen molar-refractivity contribution in [2.45, 2.75) is 32.6 Å². The number of hydrogen-bond acceptors (Lipinski definition) is 4. The number of nitrogens with zero attached hydrogens (tertiary/aromatic N) is 2. The minimum absolute atomic E-state index is 0.105. The molecule has 0 spiro atoms. The molecule has 1 unspecified atom stereocenters. The number of amides is 2. The highest BCUT2D eigenvalue weighted by atomic mass is 16.4. The zero-order valence-electron chi connectivity index (χ0n) is 11.2. The molecule has 1 aliphatic rings. The number of carbonyl (C=O) groups excluding carboxylic acids is 2. The van der Waals surface area contributed by atoms with Crippen LogP contribution in [0, 0.1) is 5.92 Å². The normalized spacial score (nSPS) is 16.8. The lowest BCUT2D eigenvalue weighted by Gasteiger charge is -2.18. The molecule has 0 saturated heterocycles. The minimum Gasteiger partial charge on any atom is -0.481 e. The Labute approximate surface area is 111 Å². The molecule has 1 heterocycles. The first kappa shape index (κ1) is 15.1. The van der Waals surface area contributed by atoms with E-state index in [1.807, 2.05) is 0 Å². The average Bonchev–Trinajstić information content (AvgIpc) is 2.37. The van der Waals surface area contributed by atoms with Gasteiger partial charge in [-0.3, -0.25) is 14.4 Å². The van der Waals surface area contributed by atoms with Crippen molar-refractivity contribution < 1.29 is 19.5 Å². The number of aliphatic carboxylic acids is 1. The quantitative estimate of drug-likeness (QED) is 0.673. The monoisotopic (exact) mass is 269 g/mol. The highest BCUT2D eigenvalue weighted by Gasteiger charge is 2.21. The van der Waals surface area contributed by atoms with Crippen LogP contribution in [0.4, 0.5) is 0 Å². The van der Waals surface area contributed by atoms with Crippen LogP contribution < -0.4 is 5.32 Å². The van der Waals surface area contributed by atoms with Gasteiger partial charge in [-0.2, -0.15) is 5.10 Å². The van der Waals surface area contributed by atoms with E-state index in [4.69, 9.17) is 5.11 Å². The molecule has 1 aliphatic heterocycles. The summed E-state index contributed by atoms with van der Waals surface area (Å²) in [5.74, 6) is -1.63. The highest BCUT2D eigenvalue weighted by Crippen LogP contribution is 2.07. The molecule has 0 radical (unpaired) electrons. The third-order valence-corrected chi connectivity index (χ3v) is 2.99. The smallest absolute Gasteiger partial charge is 0.306 e. The van der Waals surface area contributed by atoms with Gasteiger partial charge in [-0.25, -0.2) is 5.01 Å². The van der Waals surface area contributed by atoms with Crippen molar-refractivity contribution in [2.75, 3.05) is 13.6 Å². The molecule has 7 heteroatoms. The van der Waals surface area contributed by atoms with Gasteiger partial charge in [-0.1, -0.05) is 6.92 Å². The second-order valence-electron chi connectivity index (χ2n) is 4.60. The Morgan fingerprint density at radius 3 is 2.74 bits per heavy atom. The summed E-state index contributed by atoms with van der Waals surface area (Å²) >= 11 is 0. The summed E-state index contributed by atoms with van der Waals surface area (Å²) in [5, 5.41) is 16.5. The molecule has 19 heavy (non-hydrogen) atoms. The molecule has 0 aromatic rings. The molecule has 0 bridgehead atoms. The molecule has 0 aromatic carbocycles. The van der Waals surface area contributed by atoms with E-state index < -0.39 is 11.9 Å². The fraction of sp³-hybridized carbons (Fsp3) is 0.667. The third-order valence-electron chi connectivity index (χ3n) is 2.99. The number of carboxylic acid groups (broad SMARTS) is 1. The van der Waals surface area contributed by atoms with Crippen LogP contribution in [0.5, 0.6) is 0 Å². The van der Waals surface area contributed by atoms with Gasteiger partial charge in [0.1, 0.15) is 5.71 Å². The van der Waals surface area contributed by atoms with E-state index in [9.17, 15) is 14.4 Å². The van der Waals surface area contributed by atoms with Crippen LogP contribution in [0.25, 0.3) is 0 Å². The number of rotatable bonds is 6. The Morgan fingerprint density at radius 1 is 1.47 bits per heavy atom. The van der Waals surface area contributed by atoms with Crippen molar-refractivity contribution in [2.24, 2.45) is 11.0 Å². The number of carboxylic acids is 1. The topological polar surface area (TPSA) is 99.1 Å². The van der Waals surface area contributed by atoms with E-state index in [0.717, 1.165) is 0 Å². The molecular formula is C12H19N3O4. The first-order chi connectivity index (χ1) is 8.91. The summed E-state index contributed by atoms with van der Waals surface area (Å²) in [5.41, 5.74) is 0.341. The van der Waals surface area contributed by atoms with Gasteiger partial charge in [0, 0.05) is 26.4 Å². The molecule has 0 aromatic heterocycles. The van der Waals surface area contributed by atoms with E-state index >= 15 is 0 Å². The van der Waals surface area contributed by atoms with Crippen molar-refractivity contribution >= 4 is 23.5 Å². The number of hydrogen-bond donors (Lipinski definition) is 2. The predicted molar refractivity (Wildman–Crippen MR) is 68.5 cm³/mol. The van der Waals surface area contributed by atoms with Crippen LogP contribution in [-0.2, 0) is 14.4 Å². The summed E-state index contributed by atoms with van der Waals surface area (Å²) < 4.78 is 0. The van der Waals surface area contributed by atoms with E-state index in [-0.39, 0.29) is 11.8 Å². The van der Waals surface area contributed by atoms with E-state index in [2.05, 4.69) is 10.4 Å². The van der Waals surface area contributed by atoms with Crippen LogP contribution in [0.3, 0.4) is 0 Å². The van der Waals surface area contributed by atoms with Gasteiger partial charge in [0.2, 0.25) is 5.91 Å². The Hall–Kier alpha value is -1.92. The number of carbonyl (C=O) groups is 3. The fourth-order valence-corrected chi connectivity index (χ4v) is 1.67. The van der Waals surface area contributed by atoms with Crippen molar-refractivity contribution in [3.63, 3.8) is 0 Å². The van der Waals surface area contributed by atoms with Crippen molar-refractivity contribution in [3.05, 3.63) is 0 Å². The summed E-state index contributed by atoms with van der Waals surface area (Å²) in [7, 11) is 1.52. The highest BCUT2D eigenvalue weighted by molar-refractivity contribution is 6.39. The molecule has 1 atom stereocenters. The van der Waals surface area contributed by atoms with Crippen molar-refractivity contribution in [1.82, 2.24) is 10.3 Å².